The lowest BCUT2D eigenvalue weighted by molar-refractivity contribution is 0.248. The van der Waals surface area contributed by atoms with Crippen molar-refractivity contribution >= 4 is 16.9 Å². The van der Waals surface area contributed by atoms with Crippen molar-refractivity contribution < 1.29 is 4.79 Å². The lowest BCUT2D eigenvalue weighted by Gasteiger charge is -2.17. The molecule has 1 aromatic heterocycles. The molecule has 1 unspecified atom stereocenters. The zero-order valence-corrected chi connectivity index (χ0v) is 12.5. The summed E-state index contributed by atoms with van der Waals surface area (Å²) in [7, 11) is 2.04. The summed E-state index contributed by atoms with van der Waals surface area (Å²) in [5, 5.41) is 3.95. The normalized spacial score (nSPS) is 12.2. The number of nitrogens with two attached hydrogens (primary N) is 1. The van der Waals surface area contributed by atoms with Crippen LogP contribution < -0.4 is 11.1 Å². The Balaban J connectivity index is 2.09. The lowest BCUT2D eigenvalue weighted by Crippen LogP contribution is -2.33. The Labute approximate surface area is 129 Å². The average molecular weight is 293 g/mol. The number of fused-ring (bicyclic) bond motifs is 1. The van der Waals surface area contributed by atoms with Crippen LogP contribution >= 0.6 is 0 Å². The maximum Gasteiger partial charge on any atom is 0.312 e. The summed E-state index contributed by atoms with van der Waals surface area (Å²) < 4.78 is 2.12. The highest BCUT2D eigenvalue weighted by atomic mass is 16.2. The molecule has 22 heavy (non-hydrogen) atoms. The van der Waals surface area contributed by atoms with Gasteiger partial charge in [-0.2, -0.15) is 0 Å². The number of aryl methyl sites for hydroxylation is 1. The second kappa shape index (κ2) is 5.93. The number of rotatable bonds is 4. The van der Waals surface area contributed by atoms with Crippen molar-refractivity contribution in [3.63, 3.8) is 0 Å². The summed E-state index contributed by atoms with van der Waals surface area (Å²) in [6.45, 7) is 0.480. The first kappa shape index (κ1) is 14.2. The third kappa shape index (κ3) is 2.68. The smallest absolute Gasteiger partial charge is 0.312 e. The van der Waals surface area contributed by atoms with Gasteiger partial charge in [0.1, 0.15) is 0 Å². The molecule has 3 N–H and O–H groups in total. The number of hydrogen-bond donors (Lipinski definition) is 2. The first-order valence-electron chi connectivity index (χ1n) is 7.29. The fraction of sp³-hybridized carbons (Fsp3) is 0.167. The van der Waals surface area contributed by atoms with Gasteiger partial charge in [-0.05, 0) is 17.2 Å². The van der Waals surface area contributed by atoms with Crippen molar-refractivity contribution in [1.29, 1.82) is 0 Å². The van der Waals surface area contributed by atoms with E-state index in [1.165, 1.54) is 16.5 Å². The van der Waals surface area contributed by atoms with Crippen molar-refractivity contribution in [2.75, 3.05) is 6.54 Å². The minimum Gasteiger partial charge on any atom is -0.352 e. The maximum absolute atomic E-state index is 11.1. The first-order valence-corrected chi connectivity index (χ1v) is 7.29. The molecule has 3 rings (SSSR count). The molecule has 4 nitrogen and oxygen atoms in total. The lowest BCUT2D eigenvalue weighted by atomic mass is 9.91. The quantitative estimate of drug-likeness (QED) is 0.763. The van der Waals surface area contributed by atoms with E-state index in [-0.39, 0.29) is 5.92 Å². The van der Waals surface area contributed by atoms with Crippen LogP contribution in [0.4, 0.5) is 4.79 Å². The van der Waals surface area contributed by atoms with E-state index in [1.54, 1.807) is 0 Å². The van der Waals surface area contributed by atoms with Crippen LogP contribution in [0.3, 0.4) is 0 Å². The van der Waals surface area contributed by atoms with E-state index in [4.69, 9.17) is 5.73 Å². The molecule has 0 fully saturated rings. The molecule has 4 heteroatoms. The monoisotopic (exact) mass is 293 g/mol. The fourth-order valence-electron chi connectivity index (χ4n) is 2.95. The van der Waals surface area contributed by atoms with E-state index in [9.17, 15) is 4.79 Å². The van der Waals surface area contributed by atoms with Crippen molar-refractivity contribution in [1.82, 2.24) is 9.88 Å². The highest BCUT2D eigenvalue weighted by Crippen LogP contribution is 2.31. The number of amides is 2. The number of primary amides is 1. The van der Waals surface area contributed by atoms with Crippen molar-refractivity contribution in [2.24, 2.45) is 12.8 Å². The molecule has 2 amide bonds. The van der Waals surface area contributed by atoms with Crippen LogP contribution in [0.25, 0.3) is 10.9 Å². The summed E-state index contributed by atoms with van der Waals surface area (Å²) in [5.74, 6) is 0.0693. The highest BCUT2D eigenvalue weighted by Gasteiger charge is 2.19. The minimum absolute atomic E-state index is 0.0693. The van der Waals surface area contributed by atoms with Crippen molar-refractivity contribution in [3.8, 4) is 0 Å². The largest absolute Gasteiger partial charge is 0.352 e. The zero-order chi connectivity index (χ0) is 15.5. The Morgan fingerprint density at radius 1 is 1.14 bits per heavy atom. The highest BCUT2D eigenvalue weighted by molar-refractivity contribution is 5.85. The Morgan fingerprint density at radius 3 is 2.55 bits per heavy atom. The van der Waals surface area contributed by atoms with Crippen LogP contribution in [0.5, 0.6) is 0 Å². The predicted octanol–water partition coefficient (Wildman–Crippen LogP) is 2.98. The molecule has 0 saturated heterocycles. The molecular weight excluding hydrogens is 274 g/mol. The SMILES string of the molecule is Cn1cc(C(CNC(N)=O)c2ccccc2)c2ccccc21. The van der Waals surface area contributed by atoms with E-state index >= 15 is 0 Å². The molecule has 1 atom stereocenters. The molecule has 0 aliphatic carbocycles. The van der Waals surface area contributed by atoms with Gasteiger partial charge in [-0.25, -0.2) is 4.79 Å². The van der Waals surface area contributed by atoms with Gasteiger partial charge in [-0.3, -0.25) is 0 Å². The number of carbonyl (C=O) groups is 1. The summed E-state index contributed by atoms with van der Waals surface area (Å²) in [6.07, 6.45) is 2.13. The Morgan fingerprint density at radius 2 is 1.82 bits per heavy atom. The number of nitrogens with zero attached hydrogens (tertiary/aromatic N) is 1. The van der Waals surface area contributed by atoms with Crippen LogP contribution in [-0.2, 0) is 7.05 Å². The molecular formula is C18H19N3O. The number of para-hydroxylation sites is 1. The van der Waals surface area contributed by atoms with Gasteiger partial charge in [0.2, 0.25) is 0 Å². The third-order valence-corrected chi connectivity index (χ3v) is 3.99. The van der Waals surface area contributed by atoms with Gasteiger partial charge < -0.3 is 15.6 Å². The molecule has 0 aliphatic rings. The fourth-order valence-corrected chi connectivity index (χ4v) is 2.95. The number of carbonyl (C=O) groups excluding carboxylic acids is 1. The minimum atomic E-state index is -0.499. The number of urea groups is 1. The Kier molecular flexibility index (Phi) is 3.83. The summed E-state index contributed by atoms with van der Waals surface area (Å²) in [6, 6.07) is 18.0. The van der Waals surface area contributed by atoms with Gasteiger partial charge in [0, 0.05) is 36.6 Å². The van der Waals surface area contributed by atoms with Crippen LogP contribution in [-0.4, -0.2) is 17.1 Å². The summed E-state index contributed by atoms with van der Waals surface area (Å²) >= 11 is 0. The molecule has 0 radical (unpaired) electrons. The topological polar surface area (TPSA) is 60.1 Å². The molecule has 2 aromatic carbocycles. The van der Waals surface area contributed by atoms with Crippen molar-refractivity contribution in [2.45, 2.75) is 5.92 Å². The molecule has 112 valence electrons. The molecule has 3 aromatic rings. The number of benzene rings is 2. The predicted molar refractivity (Wildman–Crippen MR) is 88.8 cm³/mol. The number of aromatic nitrogens is 1. The third-order valence-electron chi connectivity index (χ3n) is 3.99. The van der Waals surface area contributed by atoms with E-state index in [0.29, 0.717) is 6.54 Å². The maximum atomic E-state index is 11.1. The summed E-state index contributed by atoms with van der Waals surface area (Å²) in [5.41, 5.74) is 8.79. The molecule has 0 saturated carbocycles. The van der Waals surface area contributed by atoms with Gasteiger partial charge >= 0.3 is 6.03 Å². The van der Waals surface area contributed by atoms with E-state index in [0.717, 1.165) is 5.56 Å². The van der Waals surface area contributed by atoms with Gasteiger partial charge in [0.15, 0.2) is 0 Å². The summed E-state index contributed by atoms with van der Waals surface area (Å²) in [4.78, 5) is 11.1. The average Bonchev–Trinajstić information content (AvgIpc) is 2.86. The van der Waals surface area contributed by atoms with Crippen LogP contribution in [0.1, 0.15) is 17.0 Å². The van der Waals surface area contributed by atoms with E-state index in [2.05, 4.69) is 40.3 Å². The second-order valence-corrected chi connectivity index (χ2v) is 5.42. The van der Waals surface area contributed by atoms with Crippen molar-refractivity contribution in [3.05, 3.63) is 71.9 Å². The van der Waals surface area contributed by atoms with Gasteiger partial charge in [-0.1, -0.05) is 48.5 Å². The van der Waals surface area contributed by atoms with Crippen LogP contribution in [0.15, 0.2) is 60.8 Å². The second-order valence-electron chi connectivity index (χ2n) is 5.42. The van der Waals surface area contributed by atoms with Crippen LogP contribution in [0.2, 0.25) is 0 Å². The molecule has 0 aliphatic heterocycles. The number of nitrogens with one attached hydrogen (secondary N) is 1. The van der Waals surface area contributed by atoms with E-state index in [1.807, 2.05) is 37.4 Å². The number of hydrogen-bond acceptors (Lipinski definition) is 1. The Hall–Kier alpha value is -2.75. The van der Waals surface area contributed by atoms with Crippen LogP contribution in [0, 0.1) is 0 Å². The van der Waals surface area contributed by atoms with Gasteiger partial charge in [0.05, 0.1) is 0 Å². The first-order chi connectivity index (χ1) is 10.7. The Bertz CT molecular complexity index is 792. The van der Waals surface area contributed by atoms with E-state index < -0.39 is 6.03 Å². The molecule has 1 heterocycles. The standard InChI is InChI=1S/C18H19N3O/c1-21-12-16(14-9-5-6-10-17(14)21)15(11-20-18(19)22)13-7-3-2-4-8-13/h2-10,12,15H,11H2,1H3,(H3,19,20,22). The van der Waals surface area contributed by atoms with Gasteiger partial charge in [0.25, 0.3) is 0 Å². The zero-order valence-electron chi connectivity index (χ0n) is 12.5. The molecule has 0 spiro atoms. The molecule has 0 bridgehead atoms. The van der Waals surface area contributed by atoms with Gasteiger partial charge in [-0.15, -0.1) is 0 Å².